The molecule has 3 saturated carbocycles. The Balaban J connectivity index is 1.56. The molecule has 0 aromatic rings. The number of thioether (sulfide) groups is 2. The van der Waals surface area contributed by atoms with Gasteiger partial charge in [0.05, 0.1) is 4.08 Å². The SMILES string of the molecule is CC=C1C[C@]2(C)C(=O)CC[C@H]2[C@@H]2CCC3=CC4(CC[C@]3(C)[C@@H]12)SCCS4. The average Bonchev–Trinajstić information content (AvgIpc) is 3.20. The van der Waals surface area contributed by atoms with Crippen molar-refractivity contribution < 1.29 is 4.79 Å². The molecular weight excluding hydrogens is 356 g/mol. The van der Waals surface area contributed by atoms with Crippen molar-refractivity contribution in [2.45, 2.75) is 69.8 Å². The first-order chi connectivity index (χ1) is 12.4. The Morgan fingerprint density at radius 1 is 1.08 bits per heavy atom. The molecule has 5 atom stereocenters. The molecule has 0 amide bonds. The molecule has 3 heteroatoms. The first-order valence-corrected chi connectivity index (χ1v) is 12.6. The Morgan fingerprint density at radius 2 is 1.85 bits per heavy atom. The van der Waals surface area contributed by atoms with Gasteiger partial charge in [0.2, 0.25) is 0 Å². The van der Waals surface area contributed by atoms with E-state index in [2.05, 4.69) is 56.4 Å². The second-order valence-electron chi connectivity index (χ2n) is 9.80. The van der Waals surface area contributed by atoms with Crippen LogP contribution >= 0.6 is 23.5 Å². The van der Waals surface area contributed by atoms with Crippen molar-refractivity contribution in [3.63, 3.8) is 0 Å². The lowest BCUT2D eigenvalue weighted by atomic mass is 9.46. The fourth-order valence-corrected chi connectivity index (χ4v) is 10.6. The van der Waals surface area contributed by atoms with Crippen LogP contribution in [0.1, 0.15) is 65.7 Å². The van der Waals surface area contributed by atoms with E-state index < -0.39 is 0 Å². The number of rotatable bonds is 0. The third kappa shape index (κ3) is 2.28. The predicted molar refractivity (Wildman–Crippen MR) is 113 cm³/mol. The Hall–Kier alpha value is -0.150. The van der Waals surface area contributed by atoms with Gasteiger partial charge in [-0.3, -0.25) is 4.79 Å². The molecule has 5 rings (SSSR count). The number of allylic oxidation sites excluding steroid dienone is 3. The summed E-state index contributed by atoms with van der Waals surface area (Å²) >= 11 is 4.40. The van der Waals surface area contributed by atoms with Crippen molar-refractivity contribution >= 4 is 29.3 Å². The number of carbonyl (C=O) groups excluding carboxylic acids is 1. The molecule has 1 spiro atoms. The molecule has 1 nitrogen and oxygen atoms in total. The smallest absolute Gasteiger partial charge is 0.139 e. The summed E-state index contributed by atoms with van der Waals surface area (Å²) in [5.74, 6) is 5.23. The molecule has 26 heavy (non-hydrogen) atoms. The standard InChI is InChI=1S/C23H32OS2/c1-4-15-13-22(3)18(7-8-19(22)24)17-6-5-16-14-23(25-11-12-26-23)10-9-21(16,2)20(15)17/h4,14,17-18,20H,5-13H2,1-3H3/t17-,18-,20-,21-,22-/m0/s1. The highest BCUT2D eigenvalue weighted by molar-refractivity contribution is 8.21. The van der Waals surface area contributed by atoms with Gasteiger partial charge in [-0.05, 0) is 68.6 Å². The molecule has 5 aliphatic rings. The van der Waals surface area contributed by atoms with E-state index in [-0.39, 0.29) is 5.41 Å². The van der Waals surface area contributed by atoms with Gasteiger partial charge in [0, 0.05) is 23.3 Å². The van der Waals surface area contributed by atoms with Gasteiger partial charge in [-0.25, -0.2) is 0 Å². The van der Waals surface area contributed by atoms with E-state index in [0.29, 0.717) is 27.1 Å². The zero-order valence-corrected chi connectivity index (χ0v) is 18.1. The summed E-state index contributed by atoms with van der Waals surface area (Å²) in [5, 5.41) is 0. The van der Waals surface area contributed by atoms with Crippen molar-refractivity contribution in [2.75, 3.05) is 11.5 Å². The number of fused-ring (bicyclic) bond motifs is 5. The molecule has 0 N–H and O–H groups in total. The number of carbonyl (C=O) groups is 1. The molecule has 0 aromatic carbocycles. The number of Topliss-reactive ketones (excluding diaryl/α,β-unsaturated/α-hetero) is 1. The molecule has 0 unspecified atom stereocenters. The second-order valence-corrected chi connectivity index (χ2v) is 12.9. The van der Waals surface area contributed by atoms with Crippen LogP contribution in [0.15, 0.2) is 23.3 Å². The van der Waals surface area contributed by atoms with E-state index in [1.54, 1.807) is 11.1 Å². The van der Waals surface area contributed by atoms with E-state index in [1.165, 1.54) is 37.2 Å². The van der Waals surface area contributed by atoms with Gasteiger partial charge < -0.3 is 0 Å². The monoisotopic (exact) mass is 388 g/mol. The van der Waals surface area contributed by atoms with E-state index in [4.69, 9.17) is 0 Å². The van der Waals surface area contributed by atoms with Crippen LogP contribution < -0.4 is 0 Å². The summed E-state index contributed by atoms with van der Waals surface area (Å²) in [4.78, 5) is 12.8. The van der Waals surface area contributed by atoms with E-state index in [1.807, 2.05) is 0 Å². The van der Waals surface area contributed by atoms with E-state index >= 15 is 0 Å². The minimum Gasteiger partial charge on any atom is -0.299 e. The van der Waals surface area contributed by atoms with Crippen LogP contribution in [0.5, 0.6) is 0 Å². The van der Waals surface area contributed by atoms with Gasteiger partial charge in [0.15, 0.2) is 0 Å². The maximum atomic E-state index is 12.8. The third-order valence-corrected chi connectivity index (χ3v) is 12.2. The molecule has 0 bridgehead atoms. The van der Waals surface area contributed by atoms with Crippen molar-refractivity contribution in [2.24, 2.45) is 28.6 Å². The van der Waals surface area contributed by atoms with Crippen LogP contribution in [0.25, 0.3) is 0 Å². The summed E-state index contributed by atoms with van der Waals surface area (Å²) < 4.78 is 0.393. The number of ketones is 1. The molecule has 0 aromatic heterocycles. The number of hydrogen-bond donors (Lipinski definition) is 0. The molecule has 1 heterocycles. The summed E-state index contributed by atoms with van der Waals surface area (Å²) in [5.41, 5.74) is 3.65. The third-order valence-electron chi connectivity index (χ3n) is 8.75. The summed E-state index contributed by atoms with van der Waals surface area (Å²) in [7, 11) is 0. The van der Waals surface area contributed by atoms with Gasteiger partial charge >= 0.3 is 0 Å². The summed E-state index contributed by atoms with van der Waals surface area (Å²) in [6.45, 7) is 7.10. The van der Waals surface area contributed by atoms with Crippen LogP contribution in [-0.4, -0.2) is 21.4 Å². The average molecular weight is 389 g/mol. The maximum Gasteiger partial charge on any atom is 0.139 e. The molecule has 4 fully saturated rings. The second kappa shape index (κ2) is 5.92. The molecule has 0 radical (unpaired) electrons. The Labute approximate surface area is 167 Å². The van der Waals surface area contributed by atoms with Crippen LogP contribution in [0.2, 0.25) is 0 Å². The highest BCUT2D eigenvalue weighted by atomic mass is 32.2. The minimum absolute atomic E-state index is 0.0619. The fraction of sp³-hybridized carbons (Fsp3) is 0.783. The quantitative estimate of drug-likeness (QED) is 0.456. The zero-order valence-electron chi connectivity index (χ0n) is 16.5. The molecule has 4 aliphatic carbocycles. The largest absolute Gasteiger partial charge is 0.299 e. The number of hydrogen-bond acceptors (Lipinski definition) is 3. The molecule has 1 saturated heterocycles. The van der Waals surface area contributed by atoms with Crippen molar-refractivity contribution in [3.05, 3.63) is 23.3 Å². The van der Waals surface area contributed by atoms with Crippen molar-refractivity contribution in [1.29, 1.82) is 0 Å². The summed E-state index contributed by atoms with van der Waals surface area (Å²) in [6, 6.07) is 0. The van der Waals surface area contributed by atoms with Crippen LogP contribution in [0, 0.1) is 28.6 Å². The first kappa shape index (κ1) is 17.9. The maximum absolute atomic E-state index is 12.8. The molecular formula is C23H32OS2. The van der Waals surface area contributed by atoms with E-state index in [0.717, 1.165) is 25.2 Å². The highest BCUT2D eigenvalue weighted by Crippen LogP contribution is 2.68. The first-order valence-electron chi connectivity index (χ1n) is 10.6. The van der Waals surface area contributed by atoms with Gasteiger partial charge in [-0.15, -0.1) is 23.5 Å². The van der Waals surface area contributed by atoms with Crippen molar-refractivity contribution in [3.8, 4) is 0 Å². The lowest BCUT2D eigenvalue weighted by Crippen LogP contribution is -2.52. The van der Waals surface area contributed by atoms with Crippen LogP contribution in [0.3, 0.4) is 0 Å². The lowest BCUT2D eigenvalue weighted by molar-refractivity contribution is -0.129. The summed E-state index contributed by atoms with van der Waals surface area (Å²) in [6.07, 6.45) is 13.4. The van der Waals surface area contributed by atoms with Crippen molar-refractivity contribution in [1.82, 2.24) is 0 Å². The lowest BCUT2D eigenvalue weighted by Gasteiger charge is -2.59. The molecule has 1 aliphatic heterocycles. The van der Waals surface area contributed by atoms with Gasteiger partial charge in [0.25, 0.3) is 0 Å². The van der Waals surface area contributed by atoms with Crippen LogP contribution in [-0.2, 0) is 4.79 Å². The molecule has 142 valence electrons. The van der Waals surface area contributed by atoms with E-state index in [9.17, 15) is 4.79 Å². The van der Waals surface area contributed by atoms with Gasteiger partial charge in [-0.2, -0.15) is 0 Å². The Kier molecular flexibility index (Phi) is 4.08. The minimum atomic E-state index is -0.0619. The zero-order chi connectivity index (χ0) is 18.2. The van der Waals surface area contributed by atoms with Gasteiger partial charge in [0.1, 0.15) is 5.78 Å². The topological polar surface area (TPSA) is 17.1 Å². The fourth-order valence-electron chi connectivity index (χ4n) is 7.42. The van der Waals surface area contributed by atoms with Gasteiger partial charge in [-0.1, -0.05) is 37.1 Å². The van der Waals surface area contributed by atoms with Crippen LogP contribution in [0.4, 0.5) is 0 Å². The Bertz CT molecular complexity index is 701. The Morgan fingerprint density at radius 3 is 2.58 bits per heavy atom. The normalized spacial score (nSPS) is 48.3. The predicted octanol–water partition coefficient (Wildman–Crippen LogP) is 6.25. The highest BCUT2D eigenvalue weighted by Gasteiger charge is 2.61.